The third-order valence-electron chi connectivity index (χ3n) is 21.1. The average Bonchev–Trinajstić information content (AvgIpc) is 1.64. The molecule has 32 heteroatoms. The van der Waals surface area contributed by atoms with Crippen LogP contribution in [0.2, 0.25) is 20.1 Å². The van der Waals surface area contributed by atoms with Gasteiger partial charge in [0.25, 0.3) is 0 Å². The van der Waals surface area contributed by atoms with E-state index in [0.717, 1.165) is 202 Å². The van der Waals surface area contributed by atoms with Gasteiger partial charge in [-0.05, 0) is 147 Å². The van der Waals surface area contributed by atoms with Crippen LogP contribution in [0.4, 0.5) is 20.5 Å². The molecule has 12 aromatic rings. The molecule has 550 valence electrons. The molecular weight excluding hydrogens is 1500 g/mol. The second-order valence-corrected chi connectivity index (χ2v) is 34.5. The van der Waals surface area contributed by atoms with E-state index >= 15 is 0 Å². The molecule has 8 aromatic heterocycles. The fourth-order valence-electron chi connectivity index (χ4n) is 15.7. The summed E-state index contributed by atoms with van der Waals surface area (Å²) in [7, 11) is 8.55. The summed E-state index contributed by atoms with van der Waals surface area (Å²) < 4.78 is 7.67. The highest BCUT2D eigenvalue weighted by molar-refractivity contribution is 7.19. The van der Waals surface area contributed by atoms with Gasteiger partial charge in [-0.2, -0.15) is 20.4 Å². The molecule has 7 saturated heterocycles. The zero-order chi connectivity index (χ0) is 72.7. The Morgan fingerprint density at radius 1 is 0.425 bits per heavy atom. The zero-order valence-corrected chi connectivity index (χ0v) is 65.8. The molecule has 7 aliphatic heterocycles. The van der Waals surface area contributed by atoms with Crippen LogP contribution in [0.25, 0.3) is 86.8 Å². The molecule has 7 fully saturated rings. The number of anilines is 4. The number of hydrogen-bond acceptors (Lipinski definition) is 24. The summed E-state index contributed by atoms with van der Waals surface area (Å²) in [5.41, 5.74) is 11.9. The largest absolute Gasteiger partial charge is 0.375 e. The van der Waals surface area contributed by atoms with Crippen LogP contribution in [0.5, 0.6) is 0 Å². The Balaban J connectivity index is 0.000000108. The summed E-state index contributed by atoms with van der Waals surface area (Å²) >= 11 is 32.6. The summed E-state index contributed by atoms with van der Waals surface area (Å²) in [6, 6.07) is 24.7. The predicted molar refractivity (Wildman–Crippen MR) is 428 cm³/mol. The van der Waals surface area contributed by atoms with Crippen LogP contribution in [-0.2, 0) is 11.8 Å². The number of nitrogens with one attached hydrogen (secondary N) is 3. The molecule has 0 amide bonds. The molecular formula is C74H81Cl4N23OS4. The number of aromatic amines is 3. The van der Waals surface area contributed by atoms with E-state index in [1.807, 2.05) is 105 Å². The van der Waals surface area contributed by atoms with Gasteiger partial charge in [0.2, 0.25) is 20.5 Å². The summed E-state index contributed by atoms with van der Waals surface area (Å²) in [6.07, 6.45) is 17.3. The van der Waals surface area contributed by atoms with Gasteiger partial charge in [0.05, 0.1) is 57.6 Å². The topological polar surface area (TPSA) is 239 Å². The number of ether oxygens (including phenoxy) is 1. The lowest BCUT2D eigenvalue weighted by Crippen LogP contribution is -2.43. The minimum atomic E-state index is 0.254. The van der Waals surface area contributed by atoms with Gasteiger partial charge in [0.15, 0.2) is 20.0 Å². The lowest BCUT2D eigenvalue weighted by molar-refractivity contribution is 0.0275. The molecule has 0 spiro atoms. The molecule has 7 atom stereocenters. The summed E-state index contributed by atoms with van der Waals surface area (Å²) in [4.78, 5) is 16.8. The number of halogens is 4. The number of morpholine rings is 1. The van der Waals surface area contributed by atoms with Gasteiger partial charge in [-0.15, -0.1) is 40.8 Å². The van der Waals surface area contributed by atoms with Crippen LogP contribution >= 0.6 is 91.8 Å². The van der Waals surface area contributed by atoms with Crippen molar-refractivity contribution in [2.24, 2.45) is 42.6 Å². The van der Waals surface area contributed by atoms with Crippen molar-refractivity contribution in [2.75, 3.05) is 132 Å². The lowest BCUT2D eigenvalue weighted by Gasteiger charge is -2.33. The Morgan fingerprint density at radius 3 is 1.15 bits per heavy atom. The van der Waals surface area contributed by atoms with E-state index in [2.05, 4.69) is 152 Å². The van der Waals surface area contributed by atoms with E-state index in [4.69, 9.17) is 51.1 Å². The third-order valence-corrected chi connectivity index (χ3v) is 26.4. The monoisotopic (exact) mass is 1580 g/mol. The Bertz CT molecular complexity index is 4920. The van der Waals surface area contributed by atoms with Crippen LogP contribution in [0.3, 0.4) is 0 Å². The van der Waals surface area contributed by atoms with E-state index in [-0.39, 0.29) is 6.10 Å². The molecule has 1 unspecified atom stereocenters. The lowest BCUT2D eigenvalue weighted by atomic mass is 10.0. The van der Waals surface area contributed by atoms with Gasteiger partial charge in [-0.3, -0.25) is 20.0 Å². The molecule has 0 aliphatic carbocycles. The number of likely N-dealkylation sites (tertiary alicyclic amines) is 3. The number of aryl methyl sites for hydroxylation is 1. The highest BCUT2D eigenvalue weighted by Gasteiger charge is 2.43. The van der Waals surface area contributed by atoms with Gasteiger partial charge in [0, 0.05) is 161 Å². The van der Waals surface area contributed by atoms with E-state index in [1.54, 1.807) is 68.6 Å². The molecule has 24 nitrogen and oxygen atoms in total. The normalized spacial score (nSPS) is 21.5. The number of nitrogens with zero attached hydrogens (tertiary/aromatic N) is 20. The maximum Gasteiger partial charge on any atom is 0.208 e. The number of likely N-dealkylation sites (N-methyl/N-ethyl adjacent to an activating group) is 1. The van der Waals surface area contributed by atoms with Crippen molar-refractivity contribution >= 4 is 112 Å². The fraction of sp³-hybridized carbons (Fsp3) is 0.405. The second-order valence-electron chi connectivity index (χ2n) is 29.1. The van der Waals surface area contributed by atoms with Crippen LogP contribution in [0, 0.1) is 35.5 Å². The van der Waals surface area contributed by atoms with Crippen molar-refractivity contribution in [1.82, 2.24) is 95.9 Å². The van der Waals surface area contributed by atoms with Gasteiger partial charge in [0.1, 0.15) is 0 Å². The molecule has 0 saturated carbocycles. The number of aromatic nitrogens is 16. The van der Waals surface area contributed by atoms with Crippen molar-refractivity contribution < 1.29 is 4.74 Å². The predicted octanol–water partition coefficient (Wildman–Crippen LogP) is 14.4. The number of H-pyrrole nitrogens is 3. The molecule has 3 N–H and O–H groups in total. The van der Waals surface area contributed by atoms with Gasteiger partial charge < -0.3 is 39.0 Å². The zero-order valence-electron chi connectivity index (χ0n) is 59.5. The van der Waals surface area contributed by atoms with Crippen molar-refractivity contribution in [3.63, 3.8) is 0 Å². The smallest absolute Gasteiger partial charge is 0.208 e. The second kappa shape index (κ2) is 31.8. The van der Waals surface area contributed by atoms with Crippen molar-refractivity contribution in [3.05, 3.63) is 142 Å². The standard InChI is InChI=1S/C19H21ClN6S.C19H22ClN5OS.2C18H19ClN6S/c1-24-7-14-10-26(11-15(14)8-24)19-23-22-18(27-19)16-4-3-12(5-17(16)20)13-6-21-25(2)9-13;1-12(2)7-15-11-25(5-6-26-15)19-24-23-18(27-19)16-4-3-13(8-17(16)20)14-9-21-22-10-14;1-24-7-13-9-25(10-14(13)8-24)18-23-22-17(26-18)15-3-2-11(4-16(15)19)12-5-20-21-6-12;1-24-5-4-12-9-25(10-16(12)24)18-23-22-17(26-18)14-3-2-11(6-15(14)19)13-7-20-21-8-13/h3-6,9,14-15H,7-8,10-11H2,1-2H3;3-4,8-10,12,15H,5-7,11H2,1-2H3,(H,21,22);2-6,13-14H,7-10H2,1H3,(H,20,21);2-3,6-8,12,16H,4-5,9-10H2,1H3,(H,20,21)/t14-,15+;;13-,14+;12-,16+/m...1/s1. The molecule has 0 radical (unpaired) electrons. The van der Waals surface area contributed by atoms with Crippen molar-refractivity contribution in [2.45, 2.75) is 38.8 Å². The first kappa shape index (κ1) is 72.4. The first-order valence-corrected chi connectivity index (χ1v) is 40.5. The number of fused-ring (bicyclic) bond motifs is 3. The third kappa shape index (κ3) is 16.0. The van der Waals surface area contributed by atoms with E-state index in [0.29, 0.717) is 32.1 Å². The molecule has 0 bridgehead atoms. The highest BCUT2D eigenvalue weighted by atomic mass is 35.5. The van der Waals surface area contributed by atoms with Crippen LogP contribution in [0.1, 0.15) is 26.7 Å². The molecule has 4 aromatic carbocycles. The quantitative estimate of drug-likeness (QED) is 0.0917. The Hall–Kier alpha value is -7.84. The molecule has 7 aliphatic rings. The van der Waals surface area contributed by atoms with Crippen LogP contribution < -0.4 is 19.6 Å². The first-order chi connectivity index (χ1) is 51.5. The Morgan fingerprint density at radius 2 is 0.802 bits per heavy atom. The molecule has 106 heavy (non-hydrogen) atoms. The first-order valence-electron chi connectivity index (χ1n) is 35.7. The summed E-state index contributed by atoms with van der Waals surface area (Å²) in [6.45, 7) is 19.3. The maximum absolute atomic E-state index is 6.58. The van der Waals surface area contributed by atoms with E-state index < -0.39 is 0 Å². The summed E-state index contributed by atoms with van der Waals surface area (Å²) in [5, 5.41) is 70.1. The fourth-order valence-corrected chi connectivity index (χ4v) is 20.7. The molecule has 19 rings (SSSR count). The van der Waals surface area contributed by atoms with Gasteiger partial charge in [-0.25, -0.2) is 0 Å². The van der Waals surface area contributed by atoms with Gasteiger partial charge in [-0.1, -0.05) is 130 Å². The average molecular weight is 1580 g/mol. The summed E-state index contributed by atoms with van der Waals surface area (Å²) in [5.74, 6) is 4.39. The molecule has 15 heterocycles. The minimum absolute atomic E-state index is 0.254. The highest BCUT2D eigenvalue weighted by Crippen LogP contribution is 2.44. The SMILES string of the molecule is CC(C)CC1CN(c2nnc(-c3ccc(-c4cn[nH]c4)cc3Cl)s2)CCO1.CN1CC[C@@H]2CN(c3nnc(-c4ccc(-c5cn[nH]c5)cc4Cl)s3)C[C@@H]21.CN1C[C@@H]2CN(c3nnc(-c4ccc(-c5cn[nH]c5)cc4Cl)s3)C[C@@H]2C1.CN1C[C@@H]2CN(c3nnc(-c4ccc(-c5cnn(C)c5)cc4Cl)s3)C[C@@H]2C1. The van der Waals surface area contributed by atoms with Crippen molar-refractivity contribution in [1.29, 1.82) is 0 Å². The van der Waals surface area contributed by atoms with Gasteiger partial charge >= 0.3 is 0 Å². The van der Waals surface area contributed by atoms with E-state index in [9.17, 15) is 0 Å². The Labute approximate surface area is 651 Å². The maximum atomic E-state index is 6.58. The number of rotatable bonds is 14. The van der Waals surface area contributed by atoms with Crippen molar-refractivity contribution in [3.8, 4) is 86.8 Å². The minimum Gasteiger partial charge on any atom is -0.375 e. The number of hydrogen-bond donors (Lipinski definition) is 3. The van der Waals surface area contributed by atoms with Crippen LogP contribution in [0.15, 0.2) is 122 Å². The Kier molecular flexibility index (Phi) is 21.7. The number of benzene rings is 4. The van der Waals surface area contributed by atoms with Crippen LogP contribution in [-0.4, -0.2) is 221 Å². The van der Waals surface area contributed by atoms with E-state index in [1.165, 1.54) is 39.1 Å².